The molecule has 0 bridgehead atoms. The number of hydrogen-bond acceptors (Lipinski definition) is 6. The third-order valence-electron chi connectivity index (χ3n) is 1.17. The van der Waals surface area contributed by atoms with Gasteiger partial charge in [0.15, 0.2) is 0 Å². The van der Waals surface area contributed by atoms with Crippen LogP contribution in [0.2, 0.25) is 0 Å². The topological polar surface area (TPSA) is 190 Å². The van der Waals surface area contributed by atoms with Crippen molar-refractivity contribution < 1.29 is 29.7 Å². The lowest BCUT2D eigenvalue weighted by molar-refractivity contribution is -0.139. The molecule has 3 atom stereocenters. The minimum absolute atomic E-state index is 0.731. The first-order valence-corrected chi connectivity index (χ1v) is 4.88. The van der Waals surface area contributed by atoms with Crippen molar-refractivity contribution in [1.29, 1.82) is 0 Å². The fourth-order valence-electron chi connectivity index (χ4n) is 0. The van der Waals surface area contributed by atoms with E-state index in [2.05, 4.69) is 0 Å². The van der Waals surface area contributed by atoms with Crippen LogP contribution in [0.5, 0.6) is 0 Å². The standard InChI is InChI=1S/3C3H7NO2/c3*1-2(4)3(5)6/h3*2H,4H2,1H3,(H,5,6). The van der Waals surface area contributed by atoms with E-state index in [0.29, 0.717) is 0 Å². The molecule has 0 spiro atoms. The van der Waals surface area contributed by atoms with Gasteiger partial charge in [-0.2, -0.15) is 0 Å². The summed E-state index contributed by atoms with van der Waals surface area (Å²) in [5.74, 6) is -2.89. The zero-order valence-electron chi connectivity index (χ0n) is 10.5. The number of carboxylic acid groups (broad SMARTS) is 3. The summed E-state index contributed by atoms with van der Waals surface area (Å²) in [5.41, 5.74) is 14.5. The molecule has 0 aliphatic rings. The number of hydrogen-bond donors (Lipinski definition) is 6. The van der Waals surface area contributed by atoms with E-state index in [4.69, 9.17) is 32.5 Å². The lowest BCUT2D eigenvalue weighted by atomic mass is 10.4. The molecule has 9 nitrogen and oxygen atoms in total. The van der Waals surface area contributed by atoms with Crippen molar-refractivity contribution >= 4 is 17.9 Å². The molecule has 0 aromatic rings. The smallest absolute Gasteiger partial charge is 0.320 e. The molecule has 9 N–H and O–H groups in total. The Balaban J connectivity index is -0.000000187. The van der Waals surface area contributed by atoms with Gasteiger partial charge in [-0.1, -0.05) is 0 Å². The van der Waals surface area contributed by atoms with Crippen molar-refractivity contribution in [3.8, 4) is 0 Å². The SMILES string of the molecule is CC(N)C(=O)O.CC(N)C(=O)O.CC(N)C(=O)O. The lowest BCUT2D eigenvalue weighted by Gasteiger charge is -1.90. The van der Waals surface area contributed by atoms with E-state index >= 15 is 0 Å². The van der Waals surface area contributed by atoms with E-state index in [1.165, 1.54) is 20.8 Å². The van der Waals surface area contributed by atoms with Gasteiger partial charge in [0.2, 0.25) is 0 Å². The maximum atomic E-state index is 9.57. The monoisotopic (exact) mass is 267 g/mol. The number of carbonyl (C=O) groups is 3. The molecule has 108 valence electrons. The fraction of sp³-hybridized carbons (Fsp3) is 0.667. The molecule has 0 aliphatic carbocycles. The summed E-state index contributed by atoms with van der Waals surface area (Å²) in [4.78, 5) is 28.7. The molecule has 0 saturated heterocycles. The third kappa shape index (κ3) is 23.8. The van der Waals surface area contributed by atoms with Crippen LogP contribution in [-0.2, 0) is 14.4 Å². The molecule has 3 unspecified atom stereocenters. The summed E-state index contributed by atoms with van der Waals surface area (Å²) in [6.07, 6.45) is 0. The number of rotatable bonds is 3. The van der Waals surface area contributed by atoms with Crippen molar-refractivity contribution in [3.63, 3.8) is 0 Å². The number of nitrogens with two attached hydrogens (primary N) is 3. The predicted molar refractivity (Wildman–Crippen MR) is 63.9 cm³/mol. The largest absolute Gasteiger partial charge is 0.480 e. The summed E-state index contributed by atoms with van der Waals surface area (Å²) in [6, 6.07) is -2.19. The normalized spacial score (nSPS) is 13.7. The van der Waals surface area contributed by atoms with Crippen LogP contribution in [0, 0.1) is 0 Å². The zero-order chi connectivity index (χ0) is 15.5. The lowest BCUT2D eigenvalue weighted by Crippen LogP contribution is -2.25. The van der Waals surface area contributed by atoms with E-state index in [1.54, 1.807) is 0 Å². The molecule has 0 heterocycles. The molecular formula is C9H21N3O6. The molecule has 0 aromatic carbocycles. The van der Waals surface area contributed by atoms with Crippen molar-refractivity contribution in [2.75, 3.05) is 0 Å². The molecule has 0 saturated carbocycles. The summed E-state index contributed by atoms with van der Waals surface area (Å²) < 4.78 is 0. The van der Waals surface area contributed by atoms with Crippen LogP contribution in [0.1, 0.15) is 20.8 Å². The van der Waals surface area contributed by atoms with Crippen LogP contribution in [0.4, 0.5) is 0 Å². The molecule has 0 aliphatic heterocycles. The second-order valence-electron chi connectivity index (χ2n) is 3.38. The Morgan fingerprint density at radius 1 is 0.667 bits per heavy atom. The first-order valence-electron chi connectivity index (χ1n) is 4.88. The first-order chi connectivity index (χ1) is 7.93. The number of carboxylic acids is 3. The summed E-state index contributed by atoms with van der Waals surface area (Å²) >= 11 is 0. The zero-order valence-corrected chi connectivity index (χ0v) is 10.5. The van der Waals surface area contributed by atoms with Gasteiger partial charge in [0.1, 0.15) is 18.1 Å². The Hall–Kier alpha value is -1.71. The van der Waals surface area contributed by atoms with Gasteiger partial charge in [-0.05, 0) is 20.8 Å². The first kappa shape index (κ1) is 21.6. The van der Waals surface area contributed by atoms with Gasteiger partial charge in [-0.25, -0.2) is 0 Å². The van der Waals surface area contributed by atoms with E-state index in [9.17, 15) is 14.4 Å². The Bertz CT molecular complexity index is 222. The summed E-state index contributed by atoms with van der Waals surface area (Å²) in [7, 11) is 0. The Morgan fingerprint density at radius 2 is 0.722 bits per heavy atom. The Labute approximate surface area is 105 Å². The predicted octanol–water partition coefficient (Wildman–Crippen LogP) is -1.75. The minimum Gasteiger partial charge on any atom is -0.480 e. The highest BCUT2D eigenvalue weighted by Gasteiger charge is 2.00. The Morgan fingerprint density at radius 3 is 0.722 bits per heavy atom. The van der Waals surface area contributed by atoms with Crippen LogP contribution < -0.4 is 17.2 Å². The van der Waals surface area contributed by atoms with E-state index in [-0.39, 0.29) is 0 Å². The maximum absolute atomic E-state index is 9.57. The van der Waals surface area contributed by atoms with Gasteiger partial charge in [0.25, 0.3) is 0 Å². The van der Waals surface area contributed by atoms with E-state index in [0.717, 1.165) is 0 Å². The van der Waals surface area contributed by atoms with Crippen LogP contribution in [0.3, 0.4) is 0 Å². The molecule has 0 rings (SSSR count). The van der Waals surface area contributed by atoms with E-state index in [1.807, 2.05) is 0 Å². The highest BCUT2D eigenvalue weighted by Crippen LogP contribution is 1.69. The van der Waals surface area contributed by atoms with Crippen molar-refractivity contribution in [1.82, 2.24) is 0 Å². The molecule has 0 radical (unpaired) electrons. The van der Waals surface area contributed by atoms with E-state index < -0.39 is 36.0 Å². The summed E-state index contributed by atoms with van der Waals surface area (Å²) in [6.45, 7) is 4.26. The molecule has 0 amide bonds. The molecular weight excluding hydrogens is 246 g/mol. The van der Waals surface area contributed by atoms with Gasteiger partial charge < -0.3 is 32.5 Å². The second-order valence-corrected chi connectivity index (χ2v) is 3.38. The van der Waals surface area contributed by atoms with Crippen LogP contribution >= 0.6 is 0 Å². The van der Waals surface area contributed by atoms with Crippen LogP contribution in [0.15, 0.2) is 0 Å². The highest BCUT2D eigenvalue weighted by atomic mass is 16.4. The van der Waals surface area contributed by atoms with Crippen LogP contribution in [-0.4, -0.2) is 51.4 Å². The van der Waals surface area contributed by atoms with Crippen LogP contribution in [0.25, 0.3) is 0 Å². The Kier molecular flexibility index (Phi) is 14.1. The molecule has 9 heteroatoms. The van der Waals surface area contributed by atoms with Gasteiger partial charge in [0.05, 0.1) is 0 Å². The third-order valence-corrected chi connectivity index (χ3v) is 1.17. The molecule has 0 aromatic heterocycles. The average Bonchev–Trinajstić information content (AvgIpc) is 2.18. The van der Waals surface area contributed by atoms with Gasteiger partial charge in [-0.3, -0.25) is 14.4 Å². The van der Waals surface area contributed by atoms with Gasteiger partial charge >= 0.3 is 17.9 Å². The van der Waals surface area contributed by atoms with Gasteiger partial charge in [0, 0.05) is 0 Å². The second kappa shape index (κ2) is 11.8. The number of aliphatic carboxylic acids is 3. The maximum Gasteiger partial charge on any atom is 0.320 e. The average molecular weight is 267 g/mol. The fourth-order valence-corrected chi connectivity index (χ4v) is 0. The molecule has 18 heavy (non-hydrogen) atoms. The quantitative estimate of drug-likeness (QED) is 0.344. The van der Waals surface area contributed by atoms with Crippen molar-refractivity contribution in [2.24, 2.45) is 17.2 Å². The van der Waals surface area contributed by atoms with Crippen molar-refractivity contribution in [2.45, 2.75) is 38.9 Å². The van der Waals surface area contributed by atoms with Crippen molar-refractivity contribution in [3.05, 3.63) is 0 Å². The minimum atomic E-state index is -0.963. The molecule has 0 fully saturated rings. The summed E-state index contributed by atoms with van der Waals surface area (Å²) in [5, 5.41) is 23.6. The highest BCUT2D eigenvalue weighted by molar-refractivity contribution is 5.72. The van der Waals surface area contributed by atoms with Gasteiger partial charge in [-0.15, -0.1) is 0 Å².